The van der Waals surface area contributed by atoms with Gasteiger partial charge >= 0.3 is 0 Å². The molecule has 0 amide bonds. The summed E-state index contributed by atoms with van der Waals surface area (Å²) in [5.41, 5.74) is 1.26. The summed E-state index contributed by atoms with van der Waals surface area (Å²) in [7, 11) is 0. The van der Waals surface area contributed by atoms with Crippen LogP contribution in [0.2, 0.25) is 0 Å². The molecule has 1 fully saturated rings. The minimum atomic E-state index is 0.196. The summed E-state index contributed by atoms with van der Waals surface area (Å²) < 4.78 is 5.74. The van der Waals surface area contributed by atoms with Crippen LogP contribution in [0.15, 0.2) is 18.5 Å². The summed E-state index contributed by atoms with van der Waals surface area (Å²) in [5, 5.41) is 3.58. The van der Waals surface area contributed by atoms with Gasteiger partial charge in [0.2, 0.25) is 0 Å². The molecule has 1 unspecified atom stereocenters. The number of ether oxygens (including phenoxy) is 1. The van der Waals surface area contributed by atoms with E-state index in [1.807, 2.05) is 20.0 Å². The van der Waals surface area contributed by atoms with Crippen LogP contribution in [0, 0.1) is 5.92 Å². The minimum absolute atomic E-state index is 0.196. The second-order valence-electron chi connectivity index (χ2n) is 5.76. The van der Waals surface area contributed by atoms with E-state index in [4.69, 9.17) is 4.74 Å². The topological polar surface area (TPSA) is 34.2 Å². The van der Waals surface area contributed by atoms with E-state index >= 15 is 0 Å². The molecule has 1 aromatic heterocycles. The Kier molecular flexibility index (Phi) is 5.20. The van der Waals surface area contributed by atoms with Crippen LogP contribution in [-0.2, 0) is 0 Å². The number of pyridine rings is 1. The summed E-state index contributed by atoms with van der Waals surface area (Å²) in [6, 6.07) is 2.55. The molecular formula is C16H26N2O. The molecule has 1 heterocycles. The third kappa shape index (κ3) is 4.20. The zero-order valence-electron chi connectivity index (χ0n) is 12.4. The van der Waals surface area contributed by atoms with Gasteiger partial charge in [-0.3, -0.25) is 4.98 Å². The van der Waals surface area contributed by atoms with Crippen LogP contribution in [0.25, 0.3) is 0 Å². The van der Waals surface area contributed by atoms with Crippen molar-refractivity contribution in [2.75, 3.05) is 6.54 Å². The molecule has 0 spiro atoms. The zero-order valence-corrected chi connectivity index (χ0v) is 12.4. The quantitative estimate of drug-likeness (QED) is 0.813. The van der Waals surface area contributed by atoms with Gasteiger partial charge in [0, 0.05) is 12.2 Å². The van der Waals surface area contributed by atoms with Crippen molar-refractivity contribution in [1.82, 2.24) is 10.3 Å². The number of hydrogen-bond acceptors (Lipinski definition) is 3. The summed E-state index contributed by atoms with van der Waals surface area (Å²) >= 11 is 0. The minimum Gasteiger partial charge on any atom is -0.489 e. The highest BCUT2D eigenvalue weighted by Crippen LogP contribution is 2.35. The van der Waals surface area contributed by atoms with Crippen molar-refractivity contribution in [3.8, 4) is 5.75 Å². The Bertz CT molecular complexity index is 388. The van der Waals surface area contributed by atoms with Gasteiger partial charge in [-0.05, 0) is 44.4 Å². The molecule has 2 rings (SSSR count). The molecule has 106 valence electrons. The molecule has 1 saturated carbocycles. The van der Waals surface area contributed by atoms with Crippen LogP contribution in [0.1, 0.15) is 58.1 Å². The largest absolute Gasteiger partial charge is 0.489 e. The highest BCUT2D eigenvalue weighted by molar-refractivity contribution is 5.26. The van der Waals surface area contributed by atoms with Gasteiger partial charge in [0.1, 0.15) is 5.75 Å². The summed E-state index contributed by atoms with van der Waals surface area (Å²) in [5.74, 6) is 1.77. The molecule has 0 saturated heterocycles. The maximum Gasteiger partial charge on any atom is 0.138 e. The van der Waals surface area contributed by atoms with Crippen molar-refractivity contribution in [3.63, 3.8) is 0 Å². The lowest BCUT2D eigenvalue weighted by molar-refractivity contribution is 0.239. The summed E-state index contributed by atoms with van der Waals surface area (Å²) in [4.78, 5) is 4.33. The second-order valence-corrected chi connectivity index (χ2v) is 5.76. The van der Waals surface area contributed by atoms with E-state index in [0.29, 0.717) is 6.04 Å². The van der Waals surface area contributed by atoms with E-state index in [2.05, 4.69) is 23.3 Å². The molecular weight excluding hydrogens is 236 g/mol. The van der Waals surface area contributed by atoms with Crippen LogP contribution in [0.5, 0.6) is 5.75 Å². The molecule has 19 heavy (non-hydrogen) atoms. The molecule has 0 bridgehead atoms. The first kappa shape index (κ1) is 14.3. The average molecular weight is 262 g/mol. The van der Waals surface area contributed by atoms with Gasteiger partial charge in [-0.25, -0.2) is 0 Å². The summed E-state index contributed by atoms with van der Waals surface area (Å²) in [6.07, 6.45) is 9.37. The fourth-order valence-corrected chi connectivity index (χ4v) is 2.61. The van der Waals surface area contributed by atoms with Gasteiger partial charge in [-0.1, -0.05) is 26.2 Å². The average Bonchev–Trinajstić information content (AvgIpc) is 2.31. The Morgan fingerprint density at radius 2 is 2.16 bits per heavy atom. The molecule has 3 heteroatoms. The van der Waals surface area contributed by atoms with Crippen LogP contribution in [0.4, 0.5) is 0 Å². The van der Waals surface area contributed by atoms with Crippen LogP contribution in [0.3, 0.4) is 0 Å². The highest BCUT2D eigenvalue weighted by atomic mass is 16.5. The SMILES string of the molecule is CCNC(CC1CCC1)c1cncc(OC(C)C)c1. The molecule has 1 aliphatic carbocycles. The molecule has 0 aliphatic heterocycles. The van der Waals surface area contributed by atoms with Crippen molar-refractivity contribution in [1.29, 1.82) is 0 Å². The third-order valence-electron chi connectivity index (χ3n) is 3.75. The fraction of sp³-hybridized carbons (Fsp3) is 0.688. The fourth-order valence-electron chi connectivity index (χ4n) is 2.61. The number of rotatable bonds is 7. The molecule has 1 atom stereocenters. The smallest absolute Gasteiger partial charge is 0.138 e. The maximum atomic E-state index is 5.74. The summed E-state index contributed by atoms with van der Waals surface area (Å²) in [6.45, 7) is 7.24. The Balaban J connectivity index is 2.06. The lowest BCUT2D eigenvalue weighted by Crippen LogP contribution is -2.26. The molecule has 0 radical (unpaired) electrons. The molecule has 3 nitrogen and oxygen atoms in total. The van der Waals surface area contributed by atoms with Gasteiger partial charge in [0.25, 0.3) is 0 Å². The Morgan fingerprint density at radius 1 is 1.37 bits per heavy atom. The van der Waals surface area contributed by atoms with Gasteiger partial charge in [0.05, 0.1) is 12.3 Å². The standard InChI is InChI=1S/C16H26N2O/c1-4-18-16(8-13-6-5-7-13)14-9-15(11-17-10-14)19-12(2)3/h9-13,16,18H,4-8H2,1-3H3. The second kappa shape index (κ2) is 6.90. The van der Waals surface area contributed by atoms with E-state index in [-0.39, 0.29) is 6.10 Å². The highest BCUT2D eigenvalue weighted by Gasteiger charge is 2.23. The van der Waals surface area contributed by atoms with Crippen LogP contribution < -0.4 is 10.1 Å². The van der Waals surface area contributed by atoms with Gasteiger partial charge < -0.3 is 10.1 Å². The zero-order chi connectivity index (χ0) is 13.7. The van der Waals surface area contributed by atoms with Crippen molar-refractivity contribution >= 4 is 0 Å². The molecule has 0 aromatic carbocycles. The Labute approximate surface area is 116 Å². The van der Waals surface area contributed by atoms with E-state index in [0.717, 1.165) is 18.2 Å². The number of hydrogen-bond donors (Lipinski definition) is 1. The van der Waals surface area contributed by atoms with Crippen molar-refractivity contribution in [2.45, 2.75) is 58.6 Å². The van der Waals surface area contributed by atoms with E-state index < -0.39 is 0 Å². The molecule has 1 N–H and O–H groups in total. The van der Waals surface area contributed by atoms with Crippen molar-refractivity contribution in [2.24, 2.45) is 5.92 Å². The Hall–Kier alpha value is -1.09. The molecule has 1 aromatic rings. The molecule has 1 aliphatic rings. The van der Waals surface area contributed by atoms with Gasteiger partial charge in [-0.2, -0.15) is 0 Å². The monoisotopic (exact) mass is 262 g/mol. The normalized spacial score (nSPS) is 17.3. The first-order chi connectivity index (χ1) is 9.19. The predicted octanol–water partition coefficient (Wildman–Crippen LogP) is 3.71. The van der Waals surface area contributed by atoms with E-state index in [1.165, 1.54) is 31.2 Å². The lowest BCUT2D eigenvalue weighted by Gasteiger charge is -2.30. The van der Waals surface area contributed by atoms with Gasteiger partial charge in [0.15, 0.2) is 0 Å². The van der Waals surface area contributed by atoms with Crippen molar-refractivity contribution < 1.29 is 4.74 Å². The van der Waals surface area contributed by atoms with E-state index in [1.54, 1.807) is 6.20 Å². The van der Waals surface area contributed by atoms with Crippen LogP contribution in [-0.4, -0.2) is 17.6 Å². The van der Waals surface area contributed by atoms with Crippen molar-refractivity contribution in [3.05, 3.63) is 24.0 Å². The van der Waals surface area contributed by atoms with E-state index in [9.17, 15) is 0 Å². The first-order valence-electron chi connectivity index (χ1n) is 7.54. The number of aromatic nitrogens is 1. The number of nitrogens with one attached hydrogen (secondary N) is 1. The lowest BCUT2D eigenvalue weighted by atomic mass is 9.80. The predicted molar refractivity (Wildman–Crippen MR) is 78.4 cm³/mol. The first-order valence-corrected chi connectivity index (χ1v) is 7.54. The van der Waals surface area contributed by atoms with Crippen LogP contribution >= 0.6 is 0 Å². The maximum absolute atomic E-state index is 5.74. The number of nitrogens with zero attached hydrogens (tertiary/aromatic N) is 1. The van der Waals surface area contributed by atoms with Gasteiger partial charge in [-0.15, -0.1) is 0 Å². The Morgan fingerprint density at radius 3 is 2.74 bits per heavy atom. The third-order valence-corrected chi connectivity index (χ3v) is 3.75.